The second kappa shape index (κ2) is 6.95. The predicted octanol–water partition coefficient (Wildman–Crippen LogP) is 1.42. The highest BCUT2D eigenvalue weighted by atomic mass is 35.5. The first-order valence-corrected chi connectivity index (χ1v) is 7.44. The van der Waals surface area contributed by atoms with E-state index in [0.29, 0.717) is 10.6 Å². The molecule has 0 bridgehead atoms. The van der Waals surface area contributed by atoms with E-state index < -0.39 is 23.8 Å². The van der Waals surface area contributed by atoms with Crippen molar-refractivity contribution in [2.45, 2.75) is 18.9 Å². The van der Waals surface area contributed by atoms with Gasteiger partial charge in [0.15, 0.2) is 0 Å². The van der Waals surface area contributed by atoms with Crippen molar-refractivity contribution in [3.05, 3.63) is 34.6 Å². The van der Waals surface area contributed by atoms with Gasteiger partial charge in [-0.3, -0.25) is 14.5 Å². The van der Waals surface area contributed by atoms with Gasteiger partial charge in [-0.05, 0) is 18.6 Å². The van der Waals surface area contributed by atoms with Crippen molar-refractivity contribution in [1.82, 2.24) is 15.1 Å². The highest BCUT2D eigenvalue weighted by molar-refractivity contribution is 6.31. The Morgan fingerprint density at radius 2 is 2.04 bits per heavy atom. The summed E-state index contributed by atoms with van der Waals surface area (Å²) in [5.74, 6) is -1.22. The van der Waals surface area contributed by atoms with Crippen LogP contribution in [0.3, 0.4) is 0 Å². The molecule has 0 aliphatic carbocycles. The summed E-state index contributed by atoms with van der Waals surface area (Å²) in [6.07, 6.45) is 0.112. The minimum atomic E-state index is -0.801. The molecule has 1 fully saturated rings. The molecular formula is C15H17ClFN3O3. The van der Waals surface area contributed by atoms with Crippen LogP contribution in [-0.4, -0.2) is 54.3 Å². The molecule has 4 amide bonds. The van der Waals surface area contributed by atoms with Gasteiger partial charge in [0, 0.05) is 31.2 Å². The highest BCUT2D eigenvalue weighted by Crippen LogP contribution is 2.19. The molecule has 1 aromatic rings. The topological polar surface area (TPSA) is 69.7 Å². The number of nitrogens with zero attached hydrogens (tertiary/aromatic N) is 2. The number of benzene rings is 1. The van der Waals surface area contributed by atoms with Crippen molar-refractivity contribution in [2.24, 2.45) is 0 Å². The molecule has 1 saturated heterocycles. The molecule has 23 heavy (non-hydrogen) atoms. The van der Waals surface area contributed by atoms with Gasteiger partial charge in [0.05, 0.1) is 6.42 Å². The van der Waals surface area contributed by atoms with Crippen LogP contribution in [0, 0.1) is 5.82 Å². The lowest BCUT2D eigenvalue weighted by atomic mass is 10.1. The number of hydrogen-bond donors (Lipinski definition) is 1. The monoisotopic (exact) mass is 341 g/mol. The summed E-state index contributed by atoms with van der Waals surface area (Å²) in [5.41, 5.74) is 0.332. The Kier molecular flexibility index (Phi) is 5.20. The van der Waals surface area contributed by atoms with Crippen molar-refractivity contribution in [2.75, 3.05) is 20.6 Å². The van der Waals surface area contributed by atoms with E-state index in [2.05, 4.69) is 5.32 Å². The molecule has 1 aliphatic heterocycles. The zero-order valence-corrected chi connectivity index (χ0v) is 13.6. The second-order valence-electron chi connectivity index (χ2n) is 5.31. The number of hydrogen-bond acceptors (Lipinski definition) is 3. The van der Waals surface area contributed by atoms with E-state index in [-0.39, 0.29) is 25.3 Å². The van der Waals surface area contributed by atoms with Crippen LogP contribution >= 0.6 is 11.6 Å². The van der Waals surface area contributed by atoms with E-state index in [1.165, 1.54) is 31.1 Å². The van der Waals surface area contributed by atoms with Gasteiger partial charge in [-0.1, -0.05) is 17.7 Å². The number of amides is 4. The largest absolute Gasteiger partial charge is 0.356 e. The van der Waals surface area contributed by atoms with Crippen molar-refractivity contribution in [3.8, 4) is 0 Å². The third kappa shape index (κ3) is 3.61. The third-order valence-corrected chi connectivity index (χ3v) is 4.16. The normalized spacial score (nSPS) is 17.8. The van der Waals surface area contributed by atoms with Crippen molar-refractivity contribution in [3.63, 3.8) is 0 Å². The summed E-state index contributed by atoms with van der Waals surface area (Å²) in [6, 6.07) is 3.15. The molecule has 1 unspecified atom stereocenters. The van der Waals surface area contributed by atoms with E-state index in [1.807, 2.05) is 0 Å². The maximum absolute atomic E-state index is 13.6. The number of carbonyl (C=O) groups excluding carboxylic acids is 3. The smallest absolute Gasteiger partial charge is 0.326 e. The molecule has 0 spiro atoms. The maximum atomic E-state index is 13.6. The first-order chi connectivity index (χ1) is 10.8. The Bertz CT molecular complexity index is 633. The number of imide groups is 1. The molecule has 1 atom stereocenters. The average Bonchev–Trinajstić information content (AvgIpc) is 2.68. The number of nitrogens with one attached hydrogen (secondary N) is 1. The molecule has 0 aromatic heterocycles. The molecular weight excluding hydrogens is 325 g/mol. The van der Waals surface area contributed by atoms with Crippen LogP contribution in [-0.2, 0) is 16.0 Å². The minimum absolute atomic E-state index is 0.129. The predicted molar refractivity (Wildman–Crippen MR) is 82.5 cm³/mol. The third-order valence-electron chi connectivity index (χ3n) is 3.81. The first-order valence-electron chi connectivity index (χ1n) is 7.07. The van der Waals surface area contributed by atoms with Gasteiger partial charge < -0.3 is 10.2 Å². The van der Waals surface area contributed by atoms with Crippen LogP contribution in [0.15, 0.2) is 18.2 Å². The molecule has 1 aliphatic rings. The van der Waals surface area contributed by atoms with E-state index in [1.54, 1.807) is 6.07 Å². The van der Waals surface area contributed by atoms with Gasteiger partial charge in [0.25, 0.3) is 5.91 Å². The summed E-state index contributed by atoms with van der Waals surface area (Å²) in [6.45, 7) is 0.188. The molecule has 6 nitrogen and oxygen atoms in total. The van der Waals surface area contributed by atoms with Gasteiger partial charge >= 0.3 is 6.03 Å². The summed E-state index contributed by atoms with van der Waals surface area (Å²) >= 11 is 5.91. The minimum Gasteiger partial charge on any atom is -0.356 e. The first kappa shape index (κ1) is 17.2. The summed E-state index contributed by atoms with van der Waals surface area (Å²) in [4.78, 5) is 37.6. The lowest BCUT2D eigenvalue weighted by molar-refractivity contribution is -0.131. The molecule has 1 N–H and O–H groups in total. The zero-order chi connectivity index (χ0) is 17.1. The van der Waals surface area contributed by atoms with Crippen molar-refractivity contribution < 1.29 is 18.8 Å². The molecule has 8 heteroatoms. The van der Waals surface area contributed by atoms with Crippen LogP contribution in [0.2, 0.25) is 5.02 Å². The lowest BCUT2D eigenvalue weighted by Gasteiger charge is -2.15. The van der Waals surface area contributed by atoms with Gasteiger partial charge in [0.2, 0.25) is 5.91 Å². The van der Waals surface area contributed by atoms with Crippen molar-refractivity contribution in [1.29, 1.82) is 0 Å². The molecule has 2 rings (SSSR count). The fourth-order valence-corrected chi connectivity index (χ4v) is 2.68. The SMILES string of the molecule is CN1C(=O)C(CC(=O)NCCc2c(F)cccc2Cl)N(C)C1=O. The zero-order valence-electron chi connectivity index (χ0n) is 12.8. The van der Waals surface area contributed by atoms with Gasteiger partial charge in [-0.25, -0.2) is 9.18 Å². The maximum Gasteiger partial charge on any atom is 0.326 e. The van der Waals surface area contributed by atoms with Gasteiger partial charge in [-0.2, -0.15) is 0 Å². The molecule has 0 saturated carbocycles. The standard InChI is InChI=1S/C15H17ClFN3O3/c1-19-12(14(22)20(2)15(19)23)8-13(21)18-7-6-9-10(16)4-3-5-11(9)17/h3-5,12H,6-8H2,1-2H3,(H,18,21). The Morgan fingerprint density at radius 1 is 1.35 bits per heavy atom. The van der Waals surface area contributed by atoms with E-state index in [9.17, 15) is 18.8 Å². The molecule has 1 aromatic carbocycles. The summed E-state index contributed by atoms with van der Waals surface area (Å²) in [7, 11) is 2.85. The lowest BCUT2D eigenvalue weighted by Crippen LogP contribution is -2.38. The van der Waals surface area contributed by atoms with Crippen LogP contribution in [0.25, 0.3) is 0 Å². The van der Waals surface area contributed by atoms with Gasteiger partial charge in [-0.15, -0.1) is 0 Å². The second-order valence-corrected chi connectivity index (χ2v) is 5.72. The fraction of sp³-hybridized carbons (Fsp3) is 0.400. The van der Waals surface area contributed by atoms with Crippen LogP contribution in [0.4, 0.5) is 9.18 Å². The number of halogens is 2. The van der Waals surface area contributed by atoms with Crippen LogP contribution < -0.4 is 5.32 Å². The van der Waals surface area contributed by atoms with E-state index in [0.717, 1.165) is 4.90 Å². The Balaban J connectivity index is 1.87. The quantitative estimate of drug-likeness (QED) is 0.823. The summed E-state index contributed by atoms with van der Waals surface area (Å²) < 4.78 is 13.6. The Labute approximate surface area is 138 Å². The molecule has 124 valence electrons. The number of likely N-dealkylation sites (N-methyl/N-ethyl adjacent to an activating group) is 2. The average molecular weight is 342 g/mol. The van der Waals surface area contributed by atoms with Crippen molar-refractivity contribution >= 4 is 29.4 Å². The Morgan fingerprint density at radius 3 is 2.61 bits per heavy atom. The number of rotatable bonds is 5. The van der Waals surface area contributed by atoms with Gasteiger partial charge in [0.1, 0.15) is 11.9 Å². The van der Waals surface area contributed by atoms with Crippen LogP contribution in [0.1, 0.15) is 12.0 Å². The molecule has 1 heterocycles. The Hall–Kier alpha value is -2.15. The summed E-state index contributed by atoms with van der Waals surface area (Å²) in [5, 5.41) is 2.91. The molecule has 0 radical (unpaired) electrons. The highest BCUT2D eigenvalue weighted by Gasteiger charge is 2.41. The van der Waals surface area contributed by atoms with Crippen LogP contribution in [0.5, 0.6) is 0 Å². The fourth-order valence-electron chi connectivity index (χ4n) is 2.42. The van der Waals surface area contributed by atoms with E-state index >= 15 is 0 Å². The number of urea groups is 1. The number of carbonyl (C=O) groups is 3. The van der Waals surface area contributed by atoms with E-state index in [4.69, 9.17) is 11.6 Å².